The molecule has 146 valence electrons. The van der Waals surface area contributed by atoms with Gasteiger partial charge in [0.05, 0.1) is 12.8 Å². The number of anilines is 1. The van der Waals surface area contributed by atoms with Crippen molar-refractivity contribution in [3.8, 4) is 17.2 Å². The second kappa shape index (κ2) is 8.51. The van der Waals surface area contributed by atoms with Crippen LogP contribution in [-0.4, -0.2) is 29.0 Å². The molecule has 1 aromatic carbocycles. The first-order chi connectivity index (χ1) is 13.5. The first kappa shape index (κ1) is 19.3. The van der Waals surface area contributed by atoms with Crippen molar-refractivity contribution in [1.82, 2.24) is 15.6 Å². The van der Waals surface area contributed by atoms with Crippen LogP contribution >= 0.6 is 0 Å². The number of carbonyl (C=O) groups is 1. The number of nitrogens with zero attached hydrogens (tertiary/aromatic N) is 3. The minimum Gasteiger partial charge on any atom is -0.497 e. The summed E-state index contributed by atoms with van der Waals surface area (Å²) >= 11 is 0. The van der Waals surface area contributed by atoms with E-state index in [2.05, 4.69) is 38.7 Å². The van der Waals surface area contributed by atoms with E-state index in [0.29, 0.717) is 11.8 Å². The van der Waals surface area contributed by atoms with Crippen LogP contribution in [-0.2, 0) is 0 Å². The van der Waals surface area contributed by atoms with Gasteiger partial charge in [-0.1, -0.05) is 23.3 Å². The number of allylic oxidation sites excluding steroid dienone is 3. The van der Waals surface area contributed by atoms with Crippen LogP contribution < -0.4 is 15.5 Å². The van der Waals surface area contributed by atoms with Crippen molar-refractivity contribution in [3.63, 3.8) is 0 Å². The molecule has 28 heavy (non-hydrogen) atoms. The Morgan fingerprint density at radius 3 is 2.75 bits per heavy atom. The minimum absolute atomic E-state index is 0.0146. The molecule has 1 aliphatic carbocycles. The molecule has 0 unspecified atom stereocenters. The first-order valence-corrected chi connectivity index (χ1v) is 8.90. The number of benzene rings is 1. The fraction of sp³-hybridized carbons (Fsp3) is 0.300. The zero-order valence-electron chi connectivity index (χ0n) is 16.2. The second-order valence-corrected chi connectivity index (χ2v) is 6.64. The lowest BCUT2D eigenvalue weighted by molar-refractivity contribution is 0.252. The summed E-state index contributed by atoms with van der Waals surface area (Å²) in [5.74, 6) is 1.36. The molecule has 0 saturated carbocycles. The van der Waals surface area contributed by atoms with Crippen LogP contribution in [0.3, 0.4) is 0 Å². The Morgan fingerprint density at radius 1 is 1.32 bits per heavy atom. The van der Waals surface area contributed by atoms with E-state index in [1.54, 1.807) is 31.4 Å². The van der Waals surface area contributed by atoms with Crippen molar-refractivity contribution < 1.29 is 13.9 Å². The molecule has 0 spiro atoms. The Balaban J connectivity index is 1.61. The standard InChI is InChI=1S/C20H23N5O3/c1-12(2)15-6-5-13(3)17(11-15)22-24-19(26)21-20-25-23-18(28-20)14-7-9-16(27-4)10-8-14/h5,7-10,15H,1,6,11H2,2-4H3,(H2,21,24,25,26)/b22-17+/t15-/m1/s1. The van der Waals surface area contributed by atoms with Crippen molar-refractivity contribution in [2.75, 3.05) is 12.4 Å². The summed E-state index contributed by atoms with van der Waals surface area (Å²) in [7, 11) is 1.59. The highest BCUT2D eigenvalue weighted by molar-refractivity contribution is 6.01. The molecule has 8 heteroatoms. The van der Waals surface area contributed by atoms with Gasteiger partial charge in [0.2, 0.25) is 5.89 Å². The van der Waals surface area contributed by atoms with Gasteiger partial charge in [-0.3, -0.25) is 5.32 Å². The lowest BCUT2D eigenvalue weighted by Gasteiger charge is -2.22. The van der Waals surface area contributed by atoms with Crippen molar-refractivity contribution in [1.29, 1.82) is 0 Å². The quantitative estimate of drug-likeness (QED) is 0.598. The highest BCUT2D eigenvalue weighted by atomic mass is 16.5. The number of ether oxygens (including phenoxy) is 1. The molecule has 0 aliphatic heterocycles. The maximum Gasteiger partial charge on any atom is 0.343 e. The Kier molecular flexibility index (Phi) is 5.88. The van der Waals surface area contributed by atoms with Crippen molar-refractivity contribution in [3.05, 3.63) is 48.1 Å². The molecule has 2 N–H and O–H groups in total. The average Bonchev–Trinajstić information content (AvgIpc) is 3.15. The summed E-state index contributed by atoms with van der Waals surface area (Å²) in [5.41, 5.74) is 6.19. The number of amides is 2. The van der Waals surface area contributed by atoms with Crippen LogP contribution in [0.4, 0.5) is 10.8 Å². The number of hydrogen-bond donors (Lipinski definition) is 2. The van der Waals surface area contributed by atoms with Crippen LogP contribution in [0.5, 0.6) is 5.75 Å². The molecule has 8 nitrogen and oxygen atoms in total. The molecule has 1 heterocycles. The summed E-state index contributed by atoms with van der Waals surface area (Å²) in [6.07, 6.45) is 3.81. The Labute approximate surface area is 163 Å². The number of urea groups is 1. The molecule has 1 aromatic heterocycles. The monoisotopic (exact) mass is 381 g/mol. The summed E-state index contributed by atoms with van der Waals surface area (Å²) < 4.78 is 10.6. The topological polar surface area (TPSA) is 102 Å². The van der Waals surface area contributed by atoms with Crippen LogP contribution in [0.25, 0.3) is 11.5 Å². The van der Waals surface area contributed by atoms with Crippen LogP contribution in [0, 0.1) is 5.92 Å². The zero-order valence-corrected chi connectivity index (χ0v) is 16.2. The molecular weight excluding hydrogens is 358 g/mol. The third-order valence-electron chi connectivity index (χ3n) is 4.58. The zero-order chi connectivity index (χ0) is 20.1. The number of aromatic nitrogens is 2. The highest BCUT2D eigenvalue weighted by Crippen LogP contribution is 2.26. The van der Waals surface area contributed by atoms with E-state index in [0.717, 1.165) is 41.0 Å². The van der Waals surface area contributed by atoms with E-state index in [1.807, 2.05) is 13.8 Å². The van der Waals surface area contributed by atoms with Gasteiger partial charge in [-0.2, -0.15) is 5.10 Å². The lowest BCUT2D eigenvalue weighted by atomic mass is 9.85. The molecule has 0 saturated heterocycles. The Hall–Kier alpha value is -3.42. The summed E-state index contributed by atoms with van der Waals surface area (Å²) in [4.78, 5) is 12.1. The SMILES string of the molecule is C=C(C)[C@@H]1CC=C(C)/C(=N/NC(=O)Nc2nnc(-c3ccc(OC)cc3)o2)C1. The van der Waals surface area contributed by atoms with E-state index >= 15 is 0 Å². The van der Waals surface area contributed by atoms with Gasteiger partial charge in [-0.15, -0.1) is 5.10 Å². The van der Waals surface area contributed by atoms with E-state index in [1.165, 1.54) is 0 Å². The molecule has 0 bridgehead atoms. The van der Waals surface area contributed by atoms with Gasteiger partial charge < -0.3 is 9.15 Å². The van der Waals surface area contributed by atoms with Gasteiger partial charge in [-0.05, 0) is 62.4 Å². The smallest absolute Gasteiger partial charge is 0.343 e. The first-order valence-electron chi connectivity index (χ1n) is 8.90. The predicted octanol–water partition coefficient (Wildman–Crippen LogP) is 4.16. The normalized spacial score (nSPS) is 17.8. The third-order valence-corrected chi connectivity index (χ3v) is 4.58. The molecular formula is C20H23N5O3. The Morgan fingerprint density at radius 2 is 2.07 bits per heavy atom. The van der Waals surface area contributed by atoms with Gasteiger partial charge in [0.15, 0.2) is 0 Å². The molecule has 0 fully saturated rings. The van der Waals surface area contributed by atoms with Crippen molar-refractivity contribution in [2.45, 2.75) is 26.7 Å². The number of hydrogen-bond acceptors (Lipinski definition) is 6. The maximum absolute atomic E-state index is 12.1. The number of nitrogens with one attached hydrogen (secondary N) is 2. The number of hydrazone groups is 1. The summed E-state index contributed by atoms with van der Waals surface area (Å²) in [6.45, 7) is 7.99. The fourth-order valence-corrected chi connectivity index (χ4v) is 2.79. The average molecular weight is 381 g/mol. The van der Waals surface area contributed by atoms with Gasteiger partial charge >= 0.3 is 12.0 Å². The molecule has 1 aliphatic rings. The van der Waals surface area contributed by atoms with Crippen LogP contribution in [0.2, 0.25) is 0 Å². The van der Waals surface area contributed by atoms with Crippen molar-refractivity contribution >= 4 is 17.8 Å². The minimum atomic E-state index is -0.553. The van der Waals surface area contributed by atoms with E-state index < -0.39 is 6.03 Å². The van der Waals surface area contributed by atoms with Crippen LogP contribution in [0.15, 0.2) is 57.6 Å². The lowest BCUT2D eigenvalue weighted by Crippen LogP contribution is -2.27. The molecule has 0 radical (unpaired) electrons. The predicted molar refractivity (Wildman–Crippen MR) is 107 cm³/mol. The van der Waals surface area contributed by atoms with Gasteiger partial charge in [0.25, 0.3) is 0 Å². The number of carbonyl (C=O) groups excluding carboxylic acids is 1. The van der Waals surface area contributed by atoms with Crippen LogP contribution in [0.1, 0.15) is 26.7 Å². The third kappa shape index (κ3) is 4.64. The summed E-state index contributed by atoms with van der Waals surface area (Å²) in [5, 5.41) is 14.5. The highest BCUT2D eigenvalue weighted by Gasteiger charge is 2.19. The van der Waals surface area contributed by atoms with E-state index in [9.17, 15) is 4.79 Å². The van der Waals surface area contributed by atoms with Gasteiger partial charge in [-0.25, -0.2) is 10.2 Å². The van der Waals surface area contributed by atoms with Gasteiger partial charge in [0.1, 0.15) is 5.75 Å². The number of methoxy groups -OCH3 is 1. The maximum atomic E-state index is 12.1. The van der Waals surface area contributed by atoms with Gasteiger partial charge in [0, 0.05) is 5.56 Å². The molecule has 1 atom stereocenters. The molecule has 2 amide bonds. The van der Waals surface area contributed by atoms with E-state index in [-0.39, 0.29) is 6.01 Å². The summed E-state index contributed by atoms with van der Waals surface area (Å²) in [6, 6.07) is 6.58. The number of rotatable bonds is 5. The molecule has 2 aromatic rings. The van der Waals surface area contributed by atoms with Crippen molar-refractivity contribution in [2.24, 2.45) is 11.0 Å². The Bertz CT molecular complexity index is 928. The van der Waals surface area contributed by atoms with E-state index in [4.69, 9.17) is 9.15 Å². The largest absolute Gasteiger partial charge is 0.497 e. The second-order valence-electron chi connectivity index (χ2n) is 6.64. The molecule has 3 rings (SSSR count). The fourth-order valence-electron chi connectivity index (χ4n) is 2.79.